The van der Waals surface area contributed by atoms with E-state index in [1.54, 1.807) is 23.5 Å². The van der Waals surface area contributed by atoms with Crippen LogP contribution in [0.1, 0.15) is 26.8 Å². The van der Waals surface area contributed by atoms with Crippen molar-refractivity contribution in [3.05, 3.63) is 39.5 Å². The van der Waals surface area contributed by atoms with Crippen molar-refractivity contribution in [3.63, 3.8) is 0 Å². The largest absolute Gasteiger partial charge is 0.478 e. The van der Waals surface area contributed by atoms with E-state index in [1.807, 2.05) is 19.2 Å². The van der Waals surface area contributed by atoms with Crippen LogP contribution in [0.4, 0.5) is 5.82 Å². The summed E-state index contributed by atoms with van der Waals surface area (Å²) in [6.07, 6.45) is 0.757. The first-order valence-corrected chi connectivity index (χ1v) is 6.80. The molecule has 0 radical (unpaired) electrons. The Morgan fingerprint density at radius 3 is 2.74 bits per heavy atom. The molecule has 0 unspecified atom stereocenters. The molecule has 0 aromatic carbocycles. The average Bonchev–Trinajstić information content (AvgIpc) is 2.75. The quantitative estimate of drug-likeness (QED) is 0.878. The van der Waals surface area contributed by atoms with Crippen LogP contribution in [0.5, 0.6) is 0 Å². The van der Waals surface area contributed by atoms with E-state index < -0.39 is 5.97 Å². The van der Waals surface area contributed by atoms with Gasteiger partial charge >= 0.3 is 5.97 Å². The van der Waals surface area contributed by atoms with Gasteiger partial charge in [-0.25, -0.2) is 14.8 Å². The Morgan fingerprint density at radius 2 is 2.11 bits per heavy atom. The molecule has 0 aliphatic rings. The lowest BCUT2D eigenvalue weighted by atomic mass is 10.2. The lowest BCUT2D eigenvalue weighted by Crippen LogP contribution is -2.11. The van der Waals surface area contributed by atoms with Crippen molar-refractivity contribution in [1.29, 1.82) is 0 Å². The third kappa shape index (κ3) is 3.51. The fourth-order valence-corrected chi connectivity index (χ4v) is 2.45. The highest BCUT2D eigenvalue weighted by atomic mass is 32.1. The Morgan fingerprint density at radius 1 is 1.32 bits per heavy atom. The first-order valence-electron chi connectivity index (χ1n) is 5.92. The third-order valence-corrected chi connectivity index (χ3v) is 3.59. The van der Waals surface area contributed by atoms with Crippen LogP contribution >= 0.6 is 11.3 Å². The minimum Gasteiger partial charge on any atom is -0.478 e. The number of nitrogens with one attached hydrogen (secondary N) is 1. The van der Waals surface area contributed by atoms with Gasteiger partial charge in [-0.15, -0.1) is 11.3 Å². The number of thiazole rings is 1. The molecule has 0 fully saturated rings. The van der Waals surface area contributed by atoms with Gasteiger partial charge in [0.05, 0.1) is 5.01 Å². The van der Waals surface area contributed by atoms with Crippen molar-refractivity contribution < 1.29 is 9.90 Å². The highest BCUT2D eigenvalue weighted by molar-refractivity contribution is 7.09. The van der Waals surface area contributed by atoms with E-state index in [4.69, 9.17) is 5.11 Å². The minimum absolute atomic E-state index is 0.195. The van der Waals surface area contributed by atoms with Crippen molar-refractivity contribution in [2.24, 2.45) is 0 Å². The van der Waals surface area contributed by atoms with Gasteiger partial charge in [0.15, 0.2) is 0 Å². The molecule has 6 heteroatoms. The summed E-state index contributed by atoms with van der Waals surface area (Å²) in [6.45, 7) is 4.41. The molecule has 0 aliphatic carbocycles. The zero-order valence-electron chi connectivity index (χ0n) is 10.8. The highest BCUT2D eigenvalue weighted by Gasteiger charge is 2.11. The molecule has 2 aromatic rings. The molecule has 0 saturated heterocycles. The standard InChI is InChI=1S/C13H15N3O2S/c1-8-3-4-10(13(17)18)12(16-8)14-6-5-11-15-9(2)7-19-11/h3-4,7H,5-6H2,1-2H3,(H,14,16)(H,17,18). The van der Waals surface area contributed by atoms with E-state index in [0.29, 0.717) is 12.4 Å². The van der Waals surface area contributed by atoms with Gasteiger partial charge in [0, 0.05) is 29.7 Å². The van der Waals surface area contributed by atoms with Crippen molar-refractivity contribution in [1.82, 2.24) is 9.97 Å². The van der Waals surface area contributed by atoms with Gasteiger partial charge in [0.25, 0.3) is 0 Å². The molecule has 0 spiro atoms. The zero-order valence-corrected chi connectivity index (χ0v) is 11.6. The molecule has 2 heterocycles. The Bertz CT molecular complexity index is 595. The minimum atomic E-state index is -0.972. The van der Waals surface area contributed by atoms with E-state index >= 15 is 0 Å². The molecule has 0 bridgehead atoms. The summed E-state index contributed by atoms with van der Waals surface area (Å²) < 4.78 is 0. The average molecular weight is 277 g/mol. The van der Waals surface area contributed by atoms with E-state index in [1.165, 1.54) is 0 Å². The first kappa shape index (κ1) is 13.5. The summed E-state index contributed by atoms with van der Waals surface area (Å²) in [5.41, 5.74) is 2.00. The summed E-state index contributed by atoms with van der Waals surface area (Å²) >= 11 is 1.61. The van der Waals surface area contributed by atoms with Gasteiger partial charge in [-0.05, 0) is 26.0 Å². The molecule has 2 N–H and O–H groups in total. The second kappa shape index (κ2) is 5.79. The van der Waals surface area contributed by atoms with Gasteiger partial charge < -0.3 is 10.4 Å². The molecular weight excluding hydrogens is 262 g/mol. The van der Waals surface area contributed by atoms with Gasteiger partial charge in [-0.2, -0.15) is 0 Å². The van der Waals surface area contributed by atoms with Crippen molar-refractivity contribution in [3.8, 4) is 0 Å². The Balaban J connectivity index is 2.02. The predicted octanol–water partition coefficient (Wildman–Crippen LogP) is 2.51. The molecule has 100 valence electrons. The van der Waals surface area contributed by atoms with Gasteiger partial charge in [0.1, 0.15) is 11.4 Å². The molecule has 2 rings (SSSR count). The van der Waals surface area contributed by atoms with Crippen molar-refractivity contribution in [2.75, 3.05) is 11.9 Å². The number of carboxylic acids is 1. The number of hydrogen-bond donors (Lipinski definition) is 2. The SMILES string of the molecule is Cc1csc(CCNc2nc(C)ccc2C(=O)O)n1. The normalized spacial score (nSPS) is 10.4. The van der Waals surface area contributed by atoms with Crippen LogP contribution in [0, 0.1) is 13.8 Å². The summed E-state index contributed by atoms with van der Waals surface area (Å²) in [7, 11) is 0. The zero-order chi connectivity index (χ0) is 13.8. The van der Waals surface area contributed by atoms with Crippen LogP contribution in [-0.2, 0) is 6.42 Å². The number of aromatic carboxylic acids is 1. The third-order valence-electron chi connectivity index (χ3n) is 2.56. The van der Waals surface area contributed by atoms with Crippen LogP contribution in [0.3, 0.4) is 0 Å². The summed E-state index contributed by atoms with van der Waals surface area (Å²) in [5.74, 6) is -0.555. The van der Waals surface area contributed by atoms with Crippen LogP contribution in [0.25, 0.3) is 0 Å². The molecule has 0 saturated carbocycles. The smallest absolute Gasteiger partial charge is 0.339 e. The summed E-state index contributed by atoms with van der Waals surface area (Å²) in [6, 6.07) is 3.26. The molecule has 0 aliphatic heterocycles. The Hall–Kier alpha value is -1.95. The van der Waals surface area contributed by atoms with Crippen LogP contribution in [0.15, 0.2) is 17.5 Å². The number of carbonyl (C=O) groups is 1. The molecule has 2 aromatic heterocycles. The van der Waals surface area contributed by atoms with Gasteiger partial charge in [0.2, 0.25) is 0 Å². The number of rotatable bonds is 5. The van der Waals surface area contributed by atoms with E-state index in [9.17, 15) is 4.79 Å². The fraction of sp³-hybridized carbons (Fsp3) is 0.308. The Kier molecular flexibility index (Phi) is 4.11. The summed E-state index contributed by atoms with van der Waals surface area (Å²) in [5, 5.41) is 15.2. The number of aromatic nitrogens is 2. The van der Waals surface area contributed by atoms with Crippen LogP contribution < -0.4 is 5.32 Å². The van der Waals surface area contributed by atoms with E-state index in [-0.39, 0.29) is 5.56 Å². The molecule has 19 heavy (non-hydrogen) atoms. The number of anilines is 1. The second-order valence-electron chi connectivity index (χ2n) is 4.21. The molecule has 0 amide bonds. The fourth-order valence-electron chi connectivity index (χ4n) is 1.67. The lowest BCUT2D eigenvalue weighted by Gasteiger charge is -2.08. The van der Waals surface area contributed by atoms with E-state index in [2.05, 4.69) is 15.3 Å². The number of hydrogen-bond acceptors (Lipinski definition) is 5. The lowest BCUT2D eigenvalue weighted by molar-refractivity contribution is 0.0697. The van der Waals surface area contributed by atoms with Gasteiger partial charge in [-0.3, -0.25) is 0 Å². The molecular formula is C13H15N3O2S. The maximum absolute atomic E-state index is 11.1. The van der Waals surface area contributed by atoms with Gasteiger partial charge in [-0.1, -0.05) is 0 Å². The van der Waals surface area contributed by atoms with Crippen molar-refractivity contribution >= 4 is 23.1 Å². The van der Waals surface area contributed by atoms with Crippen LogP contribution in [-0.4, -0.2) is 27.6 Å². The number of nitrogens with zero attached hydrogens (tertiary/aromatic N) is 2. The second-order valence-corrected chi connectivity index (χ2v) is 5.16. The van der Waals surface area contributed by atoms with Crippen molar-refractivity contribution in [2.45, 2.75) is 20.3 Å². The highest BCUT2D eigenvalue weighted by Crippen LogP contribution is 2.14. The maximum atomic E-state index is 11.1. The monoisotopic (exact) mass is 277 g/mol. The Labute approximate surface area is 115 Å². The number of pyridine rings is 1. The summed E-state index contributed by atoms with van der Waals surface area (Å²) in [4.78, 5) is 19.7. The first-order chi connectivity index (χ1) is 9.06. The molecule has 0 atom stereocenters. The number of aryl methyl sites for hydroxylation is 2. The maximum Gasteiger partial charge on any atom is 0.339 e. The van der Waals surface area contributed by atoms with E-state index in [0.717, 1.165) is 22.8 Å². The topological polar surface area (TPSA) is 75.1 Å². The number of carboxylic acid groups (broad SMARTS) is 1. The molecule has 5 nitrogen and oxygen atoms in total. The predicted molar refractivity (Wildman–Crippen MR) is 75.0 cm³/mol. The van der Waals surface area contributed by atoms with Crippen LogP contribution in [0.2, 0.25) is 0 Å².